The van der Waals surface area contributed by atoms with Gasteiger partial charge in [0, 0.05) is 16.3 Å². The second kappa shape index (κ2) is 5.04. The van der Waals surface area contributed by atoms with Gasteiger partial charge in [-0.05, 0) is 48.6 Å². The van der Waals surface area contributed by atoms with Crippen molar-refractivity contribution < 1.29 is 13.6 Å². The molecule has 0 saturated heterocycles. The van der Waals surface area contributed by atoms with E-state index in [4.69, 9.17) is 8.83 Å². The quantitative estimate of drug-likeness (QED) is 0.390. The Hall–Kier alpha value is -3.07. The summed E-state index contributed by atoms with van der Waals surface area (Å²) < 4.78 is 10.9. The number of hydrogen-bond donors (Lipinski definition) is 0. The molecule has 0 saturated carbocycles. The molecule has 2 aromatic carbocycles. The van der Waals surface area contributed by atoms with Gasteiger partial charge in [-0.3, -0.25) is 4.79 Å². The fourth-order valence-corrected chi connectivity index (χ4v) is 2.52. The minimum Gasteiger partial charge on any atom is -0.465 e. The largest absolute Gasteiger partial charge is 0.465 e. The molecule has 0 aliphatic carbocycles. The number of carbonyl (C=O) groups is 1. The van der Waals surface area contributed by atoms with Gasteiger partial charge >= 0.3 is 0 Å². The zero-order valence-electron chi connectivity index (χ0n) is 11.7. The van der Waals surface area contributed by atoms with E-state index in [1.807, 2.05) is 36.4 Å². The van der Waals surface area contributed by atoms with Crippen LogP contribution in [0.5, 0.6) is 0 Å². The maximum atomic E-state index is 12.3. The topological polar surface area (TPSA) is 43.4 Å². The molecule has 0 bridgehead atoms. The molecule has 0 aliphatic heterocycles. The molecule has 0 spiro atoms. The van der Waals surface area contributed by atoms with Crippen molar-refractivity contribution >= 4 is 33.8 Å². The Kier molecular flexibility index (Phi) is 2.90. The van der Waals surface area contributed by atoms with Crippen molar-refractivity contribution in [2.24, 2.45) is 0 Å². The van der Waals surface area contributed by atoms with E-state index in [1.165, 1.54) is 6.08 Å². The third kappa shape index (κ3) is 2.13. The van der Waals surface area contributed by atoms with Crippen molar-refractivity contribution in [3.05, 3.63) is 78.3 Å². The normalized spacial score (nSPS) is 11.6. The zero-order valence-corrected chi connectivity index (χ0v) is 11.7. The number of furan rings is 2. The first-order valence-electron chi connectivity index (χ1n) is 6.98. The molecule has 3 nitrogen and oxygen atoms in total. The van der Waals surface area contributed by atoms with Crippen molar-refractivity contribution in [3.8, 4) is 0 Å². The molecule has 0 amide bonds. The lowest BCUT2D eigenvalue weighted by atomic mass is 10.1. The van der Waals surface area contributed by atoms with Gasteiger partial charge in [-0.15, -0.1) is 0 Å². The first-order valence-corrected chi connectivity index (χ1v) is 6.98. The van der Waals surface area contributed by atoms with E-state index >= 15 is 0 Å². The van der Waals surface area contributed by atoms with Crippen molar-refractivity contribution in [1.29, 1.82) is 0 Å². The Morgan fingerprint density at radius 1 is 0.909 bits per heavy atom. The highest BCUT2D eigenvalue weighted by atomic mass is 16.3. The molecule has 0 atom stereocenters. The Morgan fingerprint density at radius 3 is 2.64 bits per heavy atom. The number of allylic oxidation sites excluding steroid dienone is 1. The van der Waals surface area contributed by atoms with Crippen molar-refractivity contribution in [3.63, 3.8) is 0 Å². The van der Waals surface area contributed by atoms with E-state index in [0.29, 0.717) is 11.3 Å². The first-order chi connectivity index (χ1) is 10.8. The van der Waals surface area contributed by atoms with Gasteiger partial charge in [0.05, 0.1) is 6.26 Å². The number of rotatable bonds is 3. The van der Waals surface area contributed by atoms with Crippen LogP contribution in [0.3, 0.4) is 0 Å². The Morgan fingerprint density at radius 2 is 1.77 bits per heavy atom. The molecule has 3 heteroatoms. The van der Waals surface area contributed by atoms with Crippen LogP contribution >= 0.6 is 0 Å². The first kappa shape index (κ1) is 12.7. The van der Waals surface area contributed by atoms with E-state index < -0.39 is 0 Å². The summed E-state index contributed by atoms with van der Waals surface area (Å²) in [6, 6.07) is 16.9. The molecule has 2 heterocycles. The van der Waals surface area contributed by atoms with E-state index in [2.05, 4.69) is 0 Å². The molecular weight excluding hydrogens is 276 g/mol. The second-order valence-electron chi connectivity index (χ2n) is 5.02. The number of ketones is 1. The van der Waals surface area contributed by atoms with Gasteiger partial charge in [0.2, 0.25) is 0 Å². The summed E-state index contributed by atoms with van der Waals surface area (Å²) >= 11 is 0. The summed E-state index contributed by atoms with van der Waals surface area (Å²) in [5.41, 5.74) is 2.24. The summed E-state index contributed by atoms with van der Waals surface area (Å²) in [6.45, 7) is 0. The Balaban J connectivity index is 1.75. The Bertz CT molecular complexity index is 988. The number of benzene rings is 2. The molecule has 0 fully saturated rings. The number of hydrogen-bond acceptors (Lipinski definition) is 3. The smallest absolute Gasteiger partial charge is 0.185 e. The van der Waals surface area contributed by atoms with Crippen LogP contribution in [0.1, 0.15) is 16.1 Å². The fourth-order valence-electron chi connectivity index (χ4n) is 2.52. The minimum absolute atomic E-state index is 0.0661. The van der Waals surface area contributed by atoms with Gasteiger partial charge in [0.1, 0.15) is 16.9 Å². The highest BCUT2D eigenvalue weighted by molar-refractivity contribution is 6.12. The molecule has 0 aliphatic rings. The van der Waals surface area contributed by atoms with Crippen molar-refractivity contribution in [2.45, 2.75) is 0 Å². The molecule has 22 heavy (non-hydrogen) atoms. The van der Waals surface area contributed by atoms with Crippen molar-refractivity contribution in [2.75, 3.05) is 0 Å². The van der Waals surface area contributed by atoms with Crippen molar-refractivity contribution in [1.82, 2.24) is 0 Å². The molecular formula is C19H12O3. The molecule has 0 radical (unpaired) electrons. The monoisotopic (exact) mass is 288 g/mol. The summed E-state index contributed by atoms with van der Waals surface area (Å²) in [5, 5.41) is 1.97. The lowest BCUT2D eigenvalue weighted by Crippen LogP contribution is -1.93. The van der Waals surface area contributed by atoms with Gasteiger partial charge in [-0.2, -0.15) is 0 Å². The predicted octanol–water partition coefficient (Wildman–Crippen LogP) is 5.08. The van der Waals surface area contributed by atoms with Crippen LogP contribution in [0.2, 0.25) is 0 Å². The van der Waals surface area contributed by atoms with Gasteiger partial charge in [-0.25, -0.2) is 0 Å². The van der Waals surface area contributed by atoms with Gasteiger partial charge in [0.15, 0.2) is 5.78 Å². The average Bonchev–Trinajstić information content (AvgIpc) is 3.19. The van der Waals surface area contributed by atoms with Gasteiger partial charge in [0.25, 0.3) is 0 Å². The molecule has 4 aromatic rings. The highest BCUT2D eigenvalue weighted by Crippen LogP contribution is 2.29. The lowest BCUT2D eigenvalue weighted by molar-refractivity contribution is 0.104. The summed E-state index contributed by atoms with van der Waals surface area (Å²) in [5.74, 6) is 0.590. The van der Waals surface area contributed by atoms with E-state index in [1.54, 1.807) is 30.5 Å². The van der Waals surface area contributed by atoms with Crippen LogP contribution in [0.4, 0.5) is 0 Å². The summed E-state index contributed by atoms with van der Waals surface area (Å²) in [7, 11) is 0. The van der Waals surface area contributed by atoms with Crippen LogP contribution in [0.15, 0.2) is 75.8 Å². The molecule has 2 aromatic heterocycles. The van der Waals surface area contributed by atoms with Crippen LogP contribution in [-0.4, -0.2) is 5.78 Å². The summed E-state index contributed by atoms with van der Waals surface area (Å²) in [4.78, 5) is 12.3. The molecule has 0 N–H and O–H groups in total. The third-order valence-corrected chi connectivity index (χ3v) is 3.60. The second-order valence-corrected chi connectivity index (χ2v) is 5.02. The predicted molar refractivity (Wildman–Crippen MR) is 85.8 cm³/mol. The number of carbonyl (C=O) groups excluding carboxylic acids is 1. The SMILES string of the molecule is O=C(/C=C/c1ccco1)c1ccc2oc3ccccc3c2c1. The fraction of sp³-hybridized carbons (Fsp3) is 0. The summed E-state index contributed by atoms with van der Waals surface area (Å²) in [6.07, 6.45) is 4.76. The highest BCUT2D eigenvalue weighted by Gasteiger charge is 2.09. The average molecular weight is 288 g/mol. The number of fused-ring (bicyclic) bond motifs is 3. The van der Waals surface area contributed by atoms with Crippen LogP contribution in [-0.2, 0) is 0 Å². The van der Waals surface area contributed by atoms with Gasteiger partial charge < -0.3 is 8.83 Å². The van der Waals surface area contributed by atoms with Crippen LogP contribution in [0, 0.1) is 0 Å². The molecule has 0 unspecified atom stereocenters. The molecule has 4 rings (SSSR count). The minimum atomic E-state index is -0.0661. The van der Waals surface area contributed by atoms with E-state index in [0.717, 1.165) is 21.9 Å². The zero-order chi connectivity index (χ0) is 14.9. The van der Waals surface area contributed by atoms with Crippen LogP contribution < -0.4 is 0 Å². The van der Waals surface area contributed by atoms with Crippen LogP contribution in [0.25, 0.3) is 28.0 Å². The number of para-hydroxylation sites is 1. The standard InChI is InChI=1S/C19H12O3/c20-17(9-8-14-4-3-11-21-14)13-7-10-19-16(12-13)15-5-1-2-6-18(15)22-19/h1-12H/b9-8+. The lowest BCUT2D eigenvalue weighted by Gasteiger charge is -1.96. The van der Waals surface area contributed by atoms with E-state index in [-0.39, 0.29) is 5.78 Å². The maximum Gasteiger partial charge on any atom is 0.185 e. The maximum absolute atomic E-state index is 12.3. The Labute approximate surface area is 126 Å². The third-order valence-electron chi connectivity index (χ3n) is 3.60. The van der Waals surface area contributed by atoms with E-state index in [9.17, 15) is 4.79 Å². The van der Waals surface area contributed by atoms with Gasteiger partial charge in [-0.1, -0.05) is 18.2 Å². The molecule has 106 valence electrons.